The molecule has 2 aromatic heterocycles. The van der Waals surface area contributed by atoms with Crippen LogP contribution < -0.4 is 22.1 Å². The van der Waals surface area contributed by atoms with E-state index in [-0.39, 0.29) is 17.5 Å². The Balaban J connectivity index is 1.95. The van der Waals surface area contributed by atoms with Crippen LogP contribution in [0.1, 0.15) is 36.2 Å². The second-order valence-corrected chi connectivity index (χ2v) is 7.28. The number of aromatic nitrogens is 3. The highest BCUT2D eigenvalue weighted by Crippen LogP contribution is 2.34. The third kappa shape index (κ3) is 3.86. The van der Waals surface area contributed by atoms with Crippen molar-refractivity contribution in [2.24, 2.45) is 16.5 Å². The maximum atomic E-state index is 12.5. The van der Waals surface area contributed by atoms with Gasteiger partial charge in [-0.2, -0.15) is 4.99 Å². The number of nitrogens with zero attached hydrogens (tertiary/aromatic N) is 5. The van der Waals surface area contributed by atoms with E-state index < -0.39 is 5.91 Å². The van der Waals surface area contributed by atoms with Gasteiger partial charge in [-0.05, 0) is 18.2 Å². The molecule has 9 heteroatoms. The maximum absolute atomic E-state index is 12.5. The molecule has 3 heterocycles. The molecule has 4 rings (SSSR count). The third-order valence-electron chi connectivity index (χ3n) is 5.17. The summed E-state index contributed by atoms with van der Waals surface area (Å²) < 4.78 is 0. The summed E-state index contributed by atoms with van der Waals surface area (Å²) in [7, 11) is 0. The number of carbonyl (C=O) groups is 1. The standard InChI is InChI=1S/C21H24N8O/c22-18-17(20(30)28-21(23)24)26-16(19(27-18)29-9-5-1-2-6-10-29)15-12-25-11-13-7-3-4-8-14(13)15/h3-4,7-8,11-12H,1-2,5-6,9-10H2,(H2,22,27)(H4,23,24,28,30). The van der Waals surface area contributed by atoms with Gasteiger partial charge in [0.1, 0.15) is 5.69 Å². The molecule has 1 saturated heterocycles. The van der Waals surface area contributed by atoms with Crippen LogP contribution >= 0.6 is 0 Å². The molecule has 1 aliphatic heterocycles. The lowest BCUT2D eigenvalue weighted by Gasteiger charge is -2.24. The molecule has 9 nitrogen and oxygen atoms in total. The number of amides is 1. The average molecular weight is 404 g/mol. The number of fused-ring (bicyclic) bond motifs is 1. The van der Waals surface area contributed by atoms with E-state index in [9.17, 15) is 4.79 Å². The fraction of sp³-hybridized carbons (Fsp3) is 0.286. The molecule has 1 fully saturated rings. The van der Waals surface area contributed by atoms with Gasteiger partial charge in [-0.1, -0.05) is 37.1 Å². The van der Waals surface area contributed by atoms with Crippen LogP contribution in [0.5, 0.6) is 0 Å². The quantitative estimate of drug-likeness (QED) is 0.443. The maximum Gasteiger partial charge on any atom is 0.302 e. The molecule has 154 valence electrons. The molecule has 0 saturated carbocycles. The zero-order valence-electron chi connectivity index (χ0n) is 16.6. The van der Waals surface area contributed by atoms with E-state index in [4.69, 9.17) is 17.2 Å². The molecule has 0 atom stereocenters. The van der Waals surface area contributed by atoms with Crippen LogP contribution in [-0.4, -0.2) is 39.9 Å². The van der Waals surface area contributed by atoms with Crippen molar-refractivity contribution in [2.45, 2.75) is 25.7 Å². The Bertz CT molecular complexity index is 1110. The number of rotatable bonds is 3. The lowest BCUT2D eigenvalue weighted by molar-refractivity contribution is 0.0998. The van der Waals surface area contributed by atoms with E-state index >= 15 is 0 Å². The summed E-state index contributed by atoms with van der Waals surface area (Å²) in [6.07, 6.45) is 7.99. The molecule has 0 aliphatic carbocycles. The third-order valence-corrected chi connectivity index (χ3v) is 5.17. The molecule has 0 spiro atoms. The van der Waals surface area contributed by atoms with E-state index in [1.54, 1.807) is 12.4 Å². The fourth-order valence-corrected chi connectivity index (χ4v) is 3.76. The molecule has 30 heavy (non-hydrogen) atoms. The topological polar surface area (TPSA) is 149 Å². The van der Waals surface area contributed by atoms with Crippen LogP contribution in [0.3, 0.4) is 0 Å². The number of guanidine groups is 1. The Morgan fingerprint density at radius 3 is 2.47 bits per heavy atom. The SMILES string of the molecule is NC(N)=NC(=O)c1nc(-c2cncc3ccccc23)c(N2CCCCCC2)nc1N. The molecule has 0 radical (unpaired) electrons. The summed E-state index contributed by atoms with van der Waals surface area (Å²) in [5.41, 5.74) is 18.1. The Hall–Kier alpha value is -3.75. The number of nitrogen functional groups attached to an aromatic ring is 1. The van der Waals surface area contributed by atoms with Gasteiger partial charge in [0, 0.05) is 36.4 Å². The van der Waals surface area contributed by atoms with Crippen LogP contribution in [0.15, 0.2) is 41.7 Å². The average Bonchev–Trinajstić information content (AvgIpc) is 3.02. The minimum atomic E-state index is -0.725. The number of nitrogens with two attached hydrogens (primary N) is 3. The van der Waals surface area contributed by atoms with Crippen LogP contribution in [0.25, 0.3) is 22.0 Å². The van der Waals surface area contributed by atoms with Crippen LogP contribution in [0.4, 0.5) is 11.6 Å². The Morgan fingerprint density at radius 2 is 1.73 bits per heavy atom. The lowest BCUT2D eigenvalue weighted by atomic mass is 10.0. The highest BCUT2D eigenvalue weighted by atomic mass is 16.1. The monoisotopic (exact) mass is 404 g/mol. The van der Waals surface area contributed by atoms with E-state index in [1.807, 2.05) is 24.3 Å². The highest BCUT2D eigenvalue weighted by Gasteiger charge is 2.24. The second kappa shape index (κ2) is 8.32. The number of benzene rings is 1. The van der Waals surface area contributed by atoms with Crippen molar-refractivity contribution in [3.05, 3.63) is 42.4 Å². The van der Waals surface area contributed by atoms with Crippen molar-refractivity contribution in [3.63, 3.8) is 0 Å². The number of hydrogen-bond donors (Lipinski definition) is 3. The molecule has 6 N–H and O–H groups in total. The first-order valence-electron chi connectivity index (χ1n) is 9.94. The lowest BCUT2D eigenvalue weighted by Crippen LogP contribution is -2.28. The molecule has 1 aliphatic rings. The number of aliphatic imine (C=N–C) groups is 1. The van der Waals surface area contributed by atoms with Gasteiger partial charge in [0.15, 0.2) is 23.3 Å². The zero-order valence-corrected chi connectivity index (χ0v) is 16.6. The molecular formula is C21H24N8O. The summed E-state index contributed by atoms with van der Waals surface area (Å²) >= 11 is 0. The van der Waals surface area contributed by atoms with Gasteiger partial charge in [-0.25, -0.2) is 9.97 Å². The van der Waals surface area contributed by atoms with Gasteiger partial charge in [0.05, 0.1) is 0 Å². The minimum Gasteiger partial charge on any atom is -0.382 e. The summed E-state index contributed by atoms with van der Waals surface area (Å²) in [4.78, 5) is 31.8. The Kier molecular flexibility index (Phi) is 5.42. The van der Waals surface area contributed by atoms with E-state index in [2.05, 4.69) is 24.8 Å². The first-order valence-corrected chi connectivity index (χ1v) is 9.94. The zero-order chi connectivity index (χ0) is 21.1. The summed E-state index contributed by atoms with van der Waals surface area (Å²) in [5.74, 6) is -0.432. The first kappa shape index (κ1) is 19.6. The van der Waals surface area contributed by atoms with E-state index in [0.29, 0.717) is 11.5 Å². The normalized spacial score (nSPS) is 14.3. The van der Waals surface area contributed by atoms with E-state index in [0.717, 1.165) is 42.3 Å². The largest absolute Gasteiger partial charge is 0.382 e. The Morgan fingerprint density at radius 1 is 1.00 bits per heavy atom. The molecule has 1 aromatic carbocycles. The van der Waals surface area contributed by atoms with Crippen molar-refractivity contribution >= 4 is 34.3 Å². The van der Waals surface area contributed by atoms with Crippen LogP contribution in [0.2, 0.25) is 0 Å². The van der Waals surface area contributed by atoms with Gasteiger partial charge < -0.3 is 22.1 Å². The van der Waals surface area contributed by atoms with E-state index in [1.165, 1.54) is 12.8 Å². The molecule has 1 amide bonds. The summed E-state index contributed by atoms with van der Waals surface area (Å²) in [6, 6.07) is 7.88. The predicted octanol–water partition coefficient (Wildman–Crippen LogP) is 2.07. The van der Waals surface area contributed by atoms with Crippen molar-refractivity contribution in [3.8, 4) is 11.3 Å². The summed E-state index contributed by atoms with van der Waals surface area (Å²) in [6.45, 7) is 1.70. The first-order chi connectivity index (χ1) is 14.5. The number of anilines is 2. The van der Waals surface area contributed by atoms with Gasteiger partial charge >= 0.3 is 5.91 Å². The van der Waals surface area contributed by atoms with Crippen molar-refractivity contribution in [2.75, 3.05) is 23.7 Å². The molecular weight excluding hydrogens is 380 g/mol. The predicted molar refractivity (Wildman–Crippen MR) is 118 cm³/mol. The summed E-state index contributed by atoms with van der Waals surface area (Å²) in [5, 5.41) is 1.93. The number of pyridine rings is 1. The van der Waals surface area contributed by atoms with Crippen LogP contribution in [-0.2, 0) is 0 Å². The van der Waals surface area contributed by atoms with Gasteiger partial charge in [0.2, 0.25) is 0 Å². The van der Waals surface area contributed by atoms with Crippen molar-refractivity contribution < 1.29 is 4.79 Å². The van der Waals surface area contributed by atoms with Gasteiger partial charge in [0.25, 0.3) is 0 Å². The highest BCUT2D eigenvalue weighted by molar-refractivity contribution is 6.05. The van der Waals surface area contributed by atoms with Gasteiger partial charge in [-0.15, -0.1) is 0 Å². The molecule has 3 aromatic rings. The second-order valence-electron chi connectivity index (χ2n) is 7.28. The molecule has 0 bridgehead atoms. The number of hydrogen-bond acceptors (Lipinski definition) is 6. The van der Waals surface area contributed by atoms with Crippen molar-refractivity contribution in [1.29, 1.82) is 0 Å². The smallest absolute Gasteiger partial charge is 0.302 e. The van der Waals surface area contributed by atoms with Crippen molar-refractivity contribution in [1.82, 2.24) is 15.0 Å². The van der Waals surface area contributed by atoms with Crippen LogP contribution in [0, 0.1) is 0 Å². The number of carbonyl (C=O) groups excluding carboxylic acids is 1. The Labute approximate surface area is 174 Å². The molecule has 0 unspecified atom stereocenters. The van der Waals surface area contributed by atoms with Gasteiger partial charge in [-0.3, -0.25) is 9.78 Å². The minimum absolute atomic E-state index is 0.00110. The fourth-order valence-electron chi connectivity index (χ4n) is 3.76.